The van der Waals surface area contributed by atoms with E-state index in [9.17, 15) is 9.59 Å². The number of aromatic carboxylic acids is 1. The van der Waals surface area contributed by atoms with Gasteiger partial charge in [-0.2, -0.15) is 5.10 Å². The molecule has 5 N–H and O–H groups in total. The number of unbranched alkanes of at least 4 members (excludes halogenated alkanes) is 2. The second-order valence-corrected chi connectivity index (χ2v) is 4.02. The van der Waals surface area contributed by atoms with Crippen molar-refractivity contribution in [3.63, 3.8) is 0 Å². The number of aryl methyl sites for hydroxylation is 1. The summed E-state index contributed by atoms with van der Waals surface area (Å²) >= 11 is 0. The van der Waals surface area contributed by atoms with Crippen molar-refractivity contribution in [3.8, 4) is 0 Å². The van der Waals surface area contributed by atoms with Crippen molar-refractivity contribution in [1.82, 2.24) is 10.2 Å². The number of hydrogen-bond donors (Lipinski definition) is 4. The first-order valence-corrected chi connectivity index (χ1v) is 5.84. The summed E-state index contributed by atoms with van der Waals surface area (Å²) in [5.74, 6) is -1.27. The maximum absolute atomic E-state index is 11.6. The van der Waals surface area contributed by atoms with E-state index in [1.165, 1.54) is 0 Å². The third kappa shape index (κ3) is 3.85. The molecule has 0 saturated heterocycles. The standard InChI is InChI=1S/C11H18N4O3/c1-7-9(11(17)18)10(15-14-7)13-8(16)5-3-2-4-6-12/h2-6,12H2,1H3,(H,17,18)(H2,13,14,15,16). The van der Waals surface area contributed by atoms with Gasteiger partial charge in [0, 0.05) is 12.1 Å². The number of nitrogens with zero attached hydrogens (tertiary/aromatic N) is 1. The number of aromatic nitrogens is 2. The maximum Gasteiger partial charge on any atom is 0.341 e. The lowest BCUT2D eigenvalue weighted by Crippen LogP contribution is -2.14. The zero-order chi connectivity index (χ0) is 13.5. The molecule has 1 amide bonds. The number of H-pyrrole nitrogens is 1. The molecule has 100 valence electrons. The molecule has 0 aliphatic heterocycles. The van der Waals surface area contributed by atoms with E-state index in [1.807, 2.05) is 0 Å². The minimum absolute atomic E-state index is 0.00491. The number of carboxylic acids is 1. The number of anilines is 1. The summed E-state index contributed by atoms with van der Waals surface area (Å²) in [5, 5.41) is 17.8. The molecule has 0 unspecified atom stereocenters. The summed E-state index contributed by atoms with van der Waals surface area (Å²) in [6.45, 7) is 2.21. The van der Waals surface area contributed by atoms with Crippen LogP contribution < -0.4 is 11.1 Å². The van der Waals surface area contributed by atoms with Crippen LogP contribution in [0.1, 0.15) is 41.7 Å². The van der Waals surface area contributed by atoms with E-state index in [0.29, 0.717) is 18.7 Å². The molecule has 1 heterocycles. The van der Waals surface area contributed by atoms with Gasteiger partial charge >= 0.3 is 5.97 Å². The highest BCUT2D eigenvalue weighted by Crippen LogP contribution is 2.16. The van der Waals surface area contributed by atoms with Crippen LogP contribution in [0.5, 0.6) is 0 Å². The number of hydrogen-bond acceptors (Lipinski definition) is 4. The predicted molar refractivity (Wildman–Crippen MR) is 66.4 cm³/mol. The summed E-state index contributed by atoms with van der Waals surface area (Å²) in [5.41, 5.74) is 5.77. The van der Waals surface area contributed by atoms with Gasteiger partial charge in [0.2, 0.25) is 5.91 Å². The second-order valence-electron chi connectivity index (χ2n) is 4.02. The van der Waals surface area contributed by atoms with Gasteiger partial charge in [0.05, 0.1) is 0 Å². The minimum Gasteiger partial charge on any atom is -0.477 e. The fourth-order valence-corrected chi connectivity index (χ4v) is 1.58. The van der Waals surface area contributed by atoms with Gasteiger partial charge in [-0.3, -0.25) is 9.89 Å². The van der Waals surface area contributed by atoms with E-state index < -0.39 is 5.97 Å². The van der Waals surface area contributed by atoms with Crippen LogP contribution in [0.2, 0.25) is 0 Å². The molecule has 0 radical (unpaired) electrons. The molecule has 1 rings (SSSR count). The Morgan fingerprint density at radius 1 is 1.39 bits per heavy atom. The molecule has 0 bridgehead atoms. The van der Waals surface area contributed by atoms with Gasteiger partial charge in [0.25, 0.3) is 0 Å². The van der Waals surface area contributed by atoms with Gasteiger partial charge in [-0.1, -0.05) is 6.42 Å². The van der Waals surface area contributed by atoms with Crippen molar-refractivity contribution in [2.24, 2.45) is 5.73 Å². The van der Waals surface area contributed by atoms with Gasteiger partial charge in [-0.25, -0.2) is 4.79 Å². The molecule has 0 aliphatic carbocycles. The average Bonchev–Trinajstić information content (AvgIpc) is 2.66. The van der Waals surface area contributed by atoms with Gasteiger partial charge < -0.3 is 16.2 Å². The third-order valence-corrected chi connectivity index (χ3v) is 2.53. The van der Waals surface area contributed by atoms with Crippen molar-refractivity contribution in [2.75, 3.05) is 11.9 Å². The van der Waals surface area contributed by atoms with Crippen LogP contribution in [0.4, 0.5) is 5.82 Å². The maximum atomic E-state index is 11.6. The molecule has 1 aromatic rings. The molecule has 7 heteroatoms. The van der Waals surface area contributed by atoms with Crippen LogP contribution in [-0.2, 0) is 4.79 Å². The predicted octanol–water partition coefficient (Wildman–Crippen LogP) is 0.874. The number of rotatable bonds is 7. The Kier molecular flexibility index (Phi) is 5.31. The van der Waals surface area contributed by atoms with Crippen LogP contribution >= 0.6 is 0 Å². The average molecular weight is 254 g/mol. The summed E-state index contributed by atoms with van der Waals surface area (Å²) in [7, 11) is 0. The highest BCUT2D eigenvalue weighted by atomic mass is 16.4. The summed E-state index contributed by atoms with van der Waals surface area (Å²) in [4.78, 5) is 22.5. The Hall–Kier alpha value is -1.89. The van der Waals surface area contributed by atoms with Crippen LogP contribution in [-0.4, -0.2) is 33.7 Å². The zero-order valence-corrected chi connectivity index (χ0v) is 10.3. The van der Waals surface area contributed by atoms with Crippen molar-refractivity contribution >= 4 is 17.7 Å². The first kappa shape index (κ1) is 14.2. The van der Waals surface area contributed by atoms with E-state index in [-0.39, 0.29) is 17.3 Å². The quantitative estimate of drug-likeness (QED) is 0.538. The fraction of sp³-hybridized carbons (Fsp3) is 0.545. The van der Waals surface area contributed by atoms with E-state index >= 15 is 0 Å². The Morgan fingerprint density at radius 2 is 2.11 bits per heavy atom. The van der Waals surface area contributed by atoms with Crippen LogP contribution in [0, 0.1) is 6.92 Å². The molecule has 0 fully saturated rings. The Morgan fingerprint density at radius 3 is 2.72 bits per heavy atom. The lowest BCUT2D eigenvalue weighted by Gasteiger charge is -2.03. The van der Waals surface area contributed by atoms with Crippen molar-refractivity contribution in [1.29, 1.82) is 0 Å². The monoisotopic (exact) mass is 254 g/mol. The first-order valence-electron chi connectivity index (χ1n) is 5.84. The van der Waals surface area contributed by atoms with Gasteiger partial charge in [0.1, 0.15) is 5.56 Å². The number of amides is 1. The molecule has 0 aromatic carbocycles. The molecular weight excluding hydrogens is 236 g/mol. The highest BCUT2D eigenvalue weighted by Gasteiger charge is 2.18. The third-order valence-electron chi connectivity index (χ3n) is 2.53. The molecule has 0 saturated carbocycles. The Balaban J connectivity index is 2.52. The topological polar surface area (TPSA) is 121 Å². The van der Waals surface area contributed by atoms with E-state index in [0.717, 1.165) is 19.3 Å². The molecule has 0 atom stereocenters. The lowest BCUT2D eigenvalue weighted by atomic mass is 10.2. The number of carbonyl (C=O) groups is 2. The number of carboxylic acid groups (broad SMARTS) is 1. The fourth-order valence-electron chi connectivity index (χ4n) is 1.58. The van der Waals surface area contributed by atoms with Gasteiger partial charge in [-0.15, -0.1) is 0 Å². The first-order chi connectivity index (χ1) is 8.56. The number of nitrogens with two attached hydrogens (primary N) is 1. The summed E-state index contributed by atoms with van der Waals surface area (Å²) in [6, 6.07) is 0. The van der Waals surface area contributed by atoms with E-state index in [1.54, 1.807) is 6.92 Å². The van der Waals surface area contributed by atoms with Crippen LogP contribution in [0.3, 0.4) is 0 Å². The van der Waals surface area contributed by atoms with Crippen molar-refractivity contribution < 1.29 is 14.7 Å². The Labute approximate surface area is 105 Å². The van der Waals surface area contributed by atoms with Crippen molar-refractivity contribution in [3.05, 3.63) is 11.3 Å². The second kappa shape index (κ2) is 6.75. The smallest absolute Gasteiger partial charge is 0.341 e. The molecule has 7 nitrogen and oxygen atoms in total. The zero-order valence-electron chi connectivity index (χ0n) is 10.3. The summed E-state index contributed by atoms with van der Waals surface area (Å²) in [6.07, 6.45) is 2.84. The molecule has 0 aliphatic rings. The van der Waals surface area contributed by atoms with Crippen LogP contribution in [0.25, 0.3) is 0 Å². The molecular formula is C11H18N4O3. The van der Waals surface area contributed by atoms with E-state index in [2.05, 4.69) is 15.5 Å². The van der Waals surface area contributed by atoms with Crippen molar-refractivity contribution in [2.45, 2.75) is 32.6 Å². The van der Waals surface area contributed by atoms with Gasteiger partial charge in [0.15, 0.2) is 5.82 Å². The molecule has 0 spiro atoms. The van der Waals surface area contributed by atoms with Crippen LogP contribution in [0.15, 0.2) is 0 Å². The normalized spacial score (nSPS) is 10.3. The number of aromatic amines is 1. The van der Waals surface area contributed by atoms with Gasteiger partial charge in [-0.05, 0) is 26.3 Å². The molecule has 18 heavy (non-hydrogen) atoms. The minimum atomic E-state index is -1.11. The molecule has 1 aromatic heterocycles. The summed E-state index contributed by atoms with van der Waals surface area (Å²) < 4.78 is 0. The number of carbonyl (C=O) groups excluding carboxylic acids is 1. The number of nitrogens with one attached hydrogen (secondary N) is 2. The lowest BCUT2D eigenvalue weighted by molar-refractivity contribution is -0.116. The highest BCUT2D eigenvalue weighted by molar-refractivity contribution is 6.00. The largest absolute Gasteiger partial charge is 0.477 e. The SMILES string of the molecule is Cc1[nH]nc(NC(=O)CCCCCN)c1C(=O)O. The van der Waals surface area contributed by atoms with E-state index in [4.69, 9.17) is 10.8 Å². The Bertz CT molecular complexity index is 428.